The largest absolute Gasteiger partial charge is 0.327 e. The molecular weight excluding hydrogens is 473 g/mol. The third-order valence-corrected chi connectivity index (χ3v) is 6.08. The fourth-order valence-electron chi connectivity index (χ4n) is 1.67. The highest BCUT2D eigenvalue weighted by atomic mass is 35.5. The minimum Gasteiger partial charge on any atom is -0.324 e. The van der Waals surface area contributed by atoms with Crippen molar-refractivity contribution in [1.29, 1.82) is 0 Å². The van der Waals surface area contributed by atoms with Crippen LogP contribution in [0.25, 0.3) is 11.1 Å². The van der Waals surface area contributed by atoms with E-state index in [1.165, 1.54) is 11.1 Å². The molecule has 2 unspecified atom stereocenters. The third-order valence-electron chi connectivity index (χ3n) is 3.15. The van der Waals surface area contributed by atoms with Gasteiger partial charge in [0.15, 0.2) is 0 Å². The van der Waals surface area contributed by atoms with Crippen LogP contribution < -0.4 is 0 Å². The number of aromatic nitrogens is 2. The van der Waals surface area contributed by atoms with Gasteiger partial charge in [0, 0.05) is 37.1 Å². The van der Waals surface area contributed by atoms with Crippen LogP contribution in [-0.2, 0) is 18.2 Å². The second-order valence-corrected chi connectivity index (χ2v) is 9.55. The molecule has 0 spiro atoms. The second kappa shape index (κ2) is 18.9. The predicted octanol–water partition coefficient (Wildman–Crippen LogP) is 5.44. The zero-order valence-electron chi connectivity index (χ0n) is 17.6. The summed E-state index contributed by atoms with van der Waals surface area (Å²) < 4.78 is 30.0. The standard InChI is InChI=1S/C10H8N2.2C4H11O3P.2ClH/c1-5-11-6-2-9(1)10-3-7-12-8-4-10;2*1-3-7-8(5,6)4-2;;/h1-8H;2*3-4H2,1-2H3,(H,5,6);2*1H. The monoisotopic (exact) mass is 504 g/mol. The van der Waals surface area contributed by atoms with Gasteiger partial charge in [-0.2, -0.15) is 0 Å². The van der Waals surface area contributed by atoms with Crippen LogP contribution in [0.3, 0.4) is 0 Å². The fraction of sp³-hybridized carbons (Fsp3) is 0.444. The van der Waals surface area contributed by atoms with E-state index < -0.39 is 15.2 Å². The molecule has 2 N–H and O–H groups in total. The van der Waals surface area contributed by atoms with Crippen LogP contribution >= 0.6 is 40.0 Å². The molecule has 30 heavy (non-hydrogen) atoms. The molecule has 2 aromatic heterocycles. The zero-order chi connectivity index (χ0) is 21.5. The van der Waals surface area contributed by atoms with E-state index in [1.807, 2.05) is 24.3 Å². The van der Waals surface area contributed by atoms with Crippen molar-refractivity contribution in [2.75, 3.05) is 25.5 Å². The van der Waals surface area contributed by atoms with Gasteiger partial charge < -0.3 is 18.8 Å². The van der Waals surface area contributed by atoms with Gasteiger partial charge in [0.25, 0.3) is 0 Å². The van der Waals surface area contributed by atoms with Crippen molar-refractivity contribution in [3.8, 4) is 11.1 Å². The molecule has 0 radical (unpaired) electrons. The van der Waals surface area contributed by atoms with Crippen LogP contribution in [0.4, 0.5) is 0 Å². The Bertz CT molecular complexity index is 678. The van der Waals surface area contributed by atoms with E-state index in [-0.39, 0.29) is 37.1 Å². The van der Waals surface area contributed by atoms with Crippen molar-refractivity contribution in [1.82, 2.24) is 9.97 Å². The first-order chi connectivity index (χ1) is 13.2. The SMILES string of the molecule is CCOP(=O)(O)CC.CCOP(=O)(O)CC.Cl.Cl.c1cc(-c2ccncc2)ccn1. The molecule has 174 valence electrons. The Morgan fingerprint density at radius 2 is 0.967 bits per heavy atom. The molecule has 0 amide bonds. The summed E-state index contributed by atoms with van der Waals surface area (Å²) in [6.07, 6.45) is 7.54. The highest BCUT2D eigenvalue weighted by Crippen LogP contribution is 2.40. The molecule has 0 bridgehead atoms. The van der Waals surface area contributed by atoms with Crippen molar-refractivity contribution in [2.45, 2.75) is 27.7 Å². The van der Waals surface area contributed by atoms with Gasteiger partial charge >= 0.3 is 15.2 Å². The van der Waals surface area contributed by atoms with Crippen LogP contribution in [0.5, 0.6) is 0 Å². The van der Waals surface area contributed by atoms with Gasteiger partial charge in [-0.15, -0.1) is 24.8 Å². The van der Waals surface area contributed by atoms with Crippen molar-refractivity contribution in [3.63, 3.8) is 0 Å². The molecule has 2 atom stereocenters. The Hall–Kier alpha value is -0.820. The fourth-order valence-corrected chi connectivity index (χ4v) is 2.85. The molecule has 0 aliphatic carbocycles. The average molecular weight is 505 g/mol. The summed E-state index contributed by atoms with van der Waals surface area (Å²) in [5, 5.41) is 0. The molecular formula is C18H32Cl2N2O6P2. The topological polar surface area (TPSA) is 119 Å². The van der Waals surface area contributed by atoms with E-state index in [9.17, 15) is 9.13 Å². The van der Waals surface area contributed by atoms with Crippen LogP contribution in [0.15, 0.2) is 49.1 Å². The van der Waals surface area contributed by atoms with Crippen molar-refractivity contribution in [2.24, 2.45) is 0 Å². The molecule has 0 fully saturated rings. The van der Waals surface area contributed by atoms with Crippen LogP contribution in [0.1, 0.15) is 27.7 Å². The first-order valence-electron chi connectivity index (χ1n) is 8.94. The smallest absolute Gasteiger partial charge is 0.324 e. The lowest BCUT2D eigenvalue weighted by Crippen LogP contribution is -1.89. The van der Waals surface area contributed by atoms with Gasteiger partial charge in [-0.3, -0.25) is 19.1 Å². The maximum absolute atomic E-state index is 10.5. The molecule has 0 aliphatic rings. The zero-order valence-corrected chi connectivity index (χ0v) is 21.0. The summed E-state index contributed by atoms with van der Waals surface area (Å²) in [5.41, 5.74) is 2.35. The van der Waals surface area contributed by atoms with E-state index in [2.05, 4.69) is 19.0 Å². The summed E-state index contributed by atoms with van der Waals surface area (Å²) in [7, 11) is -6.35. The van der Waals surface area contributed by atoms with Gasteiger partial charge in [-0.1, -0.05) is 13.8 Å². The van der Waals surface area contributed by atoms with Gasteiger partial charge in [-0.25, -0.2) is 0 Å². The van der Waals surface area contributed by atoms with Crippen LogP contribution in [0, 0.1) is 0 Å². The third kappa shape index (κ3) is 16.9. The summed E-state index contributed by atoms with van der Waals surface area (Å²) in [5.74, 6) is 0. The predicted molar refractivity (Wildman–Crippen MR) is 126 cm³/mol. The molecule has 0 aromatic carbocycles. The number of nitrogens with zero attached hydrogens (tertiary/aromatic N) is 2. The Morgan fingerprint density at radius 1 is 0.700 bits per heavy atom. The molecule has 12 heteroatoms. The van der Waals surface area contributed by atoms with Gasteiger partial charge in [0.05, 0.1) is 13.2 Å². The lowest BCUT2D eigenvalue weighted by Gasteiger charge is -2.05. The lowest BCUT2D eigenvalue weighted by molar-refractivity contribution is 0.273. The number of halogens is 2. The van der Waals surface area contributed by atoms with Gasteiger partial charge in [0.2, 0.25) is 0 Å². The maximum Gasteiger partial charge on any atom is 0.327 e. The summed E-state index contributed by atoms with van der Waals surface area (Å²) in [6, 6.07) is 7.93. The maximum atomic E-state index is 10.5. The summed E-state index contributed by atoms with van der Waals surface area (Å²) in [4.78, 5) is 25.2. The minimum absolute atomic E-state index is 0. The Balaban J connectivity index is -0.000000367. The Kier molecular flexibility index (Phi) is 21.3. The molecule has 2 heterocycles. The van der Waals surface area contributed by atoms with E-state index in [0.29, 0.717) is 13.2 Å². The highest BCUT2D eigenvalue weighted by molar-refractivity contribution is 7.53. The van der Waals surface area contributed by atoms with Crippen LogP contribution in [0.2, 0.25) is 0 Å². The quantitative estimate of drug-likeness (QED) is 0.478. The molecule has 0 aliphatic heterocycles. The average Bonchev–Trinajstić information content (AvgIpc) is 2.70. The lowest BCUT2D eigenvalue weighted by atomic mass is 10.1. The van der Waals surface area contributed by atoms with E-state index in [1.54, 1.807) is 52.5 Å². The van der Waals surface area contributed by atoms with Crippen molar-refractivity contribution >= 4 is 40.0 Å². The van der Waals surface area contributed by atoms with Crippen molar-refractivity contribution < 1.29 is 28.0 Å². The summed E-state index contributed by atoms with van der Waals surface area (Å²) in [6.45, 7) is 7.24. The number of pyridine rings is 2. The first kappa shape index (κ1) is 33.8. The number of hydrogen-bond acceptors (Lipinski definition) is 6. The van der Waals surface area contributed by atoms with Crippen LogP contribution in [-0.4, -0.2) is 45.3 Å². The minimum atomic E-state index is -3.17. The number of hydrogen-bond donors (Lipinski definition) is 2. The Morgan fingerprint density at radius 3 is 1.13 bits per heavy atom. The Labute approximate surface area is 191 Å². The van der Waals surface area contributed by atoms with E-state index >= 15 is 0 Å². The van der Waals surface area contributed by atoms with Gasteiger partial charge in [-0.05, 0) is 49.2 Å². The highest BCUT2D eigenvalue weighted by Gasteiger charge is 2.13. The van der Waals surface area contributed by atoms with Gasteiger partial charge in [0.1, 0.15) is 0 Å². The molecule has 8 nitrogen and oxygen atoms in total. The van der Waals surface area contributed by atoms with Crippen molar-refractivity contribution in [3.05, 3.63) is 49.1 Å². The number of rotatable bonds is 7. The molecule has 0 saturated heterocycles. The van der Waals surface area contributed by atoms with E-state index in [0.717, 1.165) is 0 Å². The first-order valence-corrected chi connectivity index (χ1v) is 12.5. The molecule has 2 rings (SSSR count). The van der Waals surface area contributed by atoms with E-state index in [4.69, 9.17) is 9.79 Å². The molecule has 0 saturated carbocycles. The molecule has 2 aromatic rings. The second-order valence-electron chi connectivity index (χ2n) is 5.21. The summed E-state index contributed by atoms with van der Waals surface area (Å²) >= 11 is 0. The normalized spacial score (nSPS) is 13.4.